The van der Waals surface area contributed by atoms with Crippen molar-refractivity contribution in [2.75, 3.05) is 20.3 Å². The summed E-state index contributed by atoms with van der Waals surface area (Å²) in [5.74, 6) is 0. The lowest BCUT2D eigenvalue weighted by Crippen LogP contribution is -2.18. The van der Waals surface area contributed by atoms with Crippen LogP contribution >= 0.6 is 11.6 Å². The summed E-state index contributed by atoms with van der Waals surface area (Å²) in [6, 6.07) is 8.22. The van der Waals surface area contributed by atoms with Gasteiger partial charge in [0.2, 0.25) is 0 Å². The van der Waals surface area contributed by atoms with E-state index in [9.17, 15) is 0 Å². The molecule has 0 heterocycles. The maximum absolute atomic E-state index is 6.16. The van der Waals surface area contributed by atoms with Crippen LogP contribution in [0.3, 0.4) is 0 Å². The van der Waals surface area contributed by atoms with Gasteiger partial charge in [-0.15, -0.1) is 0 Å². The molecule has 16 heavy (non-hydrogen) atoms. The summed E-state index contributed by atoms with van der Waals surface area (Å²) in [6.07, 6.45) is 2.01. The van der Waals surface area contributed by atoms with E-state index >= 15 is 0 Å². The van der Waals surface area contributed by atoms with Gasteiger partial charge in [0.25, 0.3) is 0 Å². The average molecular weight is 242 g/mol. The van der Waals surface area contributed by atoms with E-state index < -0.39 is 0 Å². The van der Waals surface area contributed by atoms with Crippen LogP contribution < -0.4 is 5.32 Å². The molecular formula is C13H20ClNO. The molecule has 0 bridgehead atoms. The minimum absolute atomic E-state index is 0.269. The van der Waals surface area contributed by atoms with Crippen LogP contribution in [-0.4, -0.2) is 20.3 Å². The zero-order valence-electron chi connectivity index (χ0n) is 10.0. The molecule has 2 nitrogen and oxygen atoms in total. The lowest BCUT2D eigenvalue weighted by Gasteiger charge is -2.17. The third kappa shape index (κ3) is 4.12. The highest BCUT2D eigenvalue weighted by Gasteiger charge is 2.11. The average Bonchev–Trinajstić information content (AvgIpc) is 2.31. The molecule has 1 N–H and O–H groups in total. The SMILES string of the molecule is CCCOCCC(NC)c1ccccc1Cl. The topological polar surface area (TPSA) is 21.3 Å². The molecule has 1 atom stereocenters. The molecule has 0 amide bonds. The molecule has 0 aliphatic carbocycles. The number of ether oxygens (including phenoxy) is 1. The molecule has 1 rings (SSSR count). The number of hydrogen-bond donors (Lipinski definition) is 1. The minimum Gasteiger partial charge on any atom is -0.381 e. The Hall–Kier alpha value is -0.570. The van der Waals surface area contributed by atoms with Gasteiger partial charge in [0.15, 0.2) is 0 Å². The lowest BCUT2D eigenvalue weighted by molar-refractivity contribution is 0.125. The Labute approximate surface area is 103 Å². The molecule has 1 aromatic carbocycles. The lowest BCUT2D eigenvalue weighted by atomic mass is 10.0. The van der Waals surface area contributed by atoms with E-state index in [1.807, 2.05) is 25.2 Å². The molecule has 90 valence electrons. The van der Waals surface area contributed by atoms with E-state index in [4.69, 9.17) is 16.3 Å². The second kappa shape index (κ2) is 7.66. The van der Waals surface area contributed by atoms with Gasteiger partial charge in [-0.3, -0.25) is 0 Å². The number of halogens is 1. The standard InChI is InChI=1S/C13H20ClNO/c1-3-9-16-10-8-13(15-2)11-6-4-5-7-12(11)14/h4-7,13,15H,3,8-10H2,1-2H3. The summed E-state index contributed by atoms with van der Waals surface area (Å²) in [4.78, 5) is 0. The summed E-state index contributed by atoms with van der Waals surface area (Å²) in [5, 5.41) is 4.09. The second-order valence-corrected chi connectivity index (χ2v) is 4.17. The van der Waals surface area contributed by atoms with Crippen LogP contribution in [0.25, 0.3) is 0 Å². The Balaban J connectivity index is 2.51. The van der Waals surface area contributed by atoms with Gasteiger partial charge < -0.3 is 10.1 Å². The Morgan fingerprint density at radius 3 is 2.69 bits per heavy atom. The first kappa shape index (κ1) is 13.5. The van der Waals surface area contributed by atoms with Crippen LogP contribution in [0.15, 0.2) is 24.3 Å². The monoisotopic (exact) mass is 241 g/mol. The van der Waals surface area contributed by atoms with Crippen molar-refractivity contribution in [1.29, 1.82) is 0 Å². The van der Waals surface area contributed by atoms with E-state index in [0.717, 1.165) is 36.6 Å². The smallest absolute Gasteiger partial charge is 0.0484 e. The van der Waals surface area contributed by atoms with Gasteiger partial charge >= 0.3 is 0 Å². The Morgan fingerprint density at radius 2 is 2.06 bits per heavy atom. The first-order valence-corrected chi connectivity index (χ1v) is 6.16. The molecule has 0 saturated heterocycles. The van der Waals surface area contributed by atoms with Crippen molar-refractivity contribution in [3.8, 4) is 0 Å². The highest BCUT2D eigenvalue weighted by Crippen LogP contribution is 2.24. The van der Waals surface area contributed by atoms with E-state index in [0.29, 0.717) is 0 Å². The quantitative estimate of drug-likeness (QED) is 0.739. The van der Waals surface area contributed by atoms with Crippen molar-refractivity contribution in [1.82, 2.24) is 5.32 Å². The van der Waals surface area contributed by atoms with Crippen LogP contribution in [-0.2, 0) is 4.74 Å². The van der Waals surface area contributed by atoms with Crippen LogP contribution in [0.5, 0.6) is 0 Å². The zero-order chi connectivity index (χ0) is 11.8. The molecule has 0 aliphatic heterocycles. The van der Waals surface area contributed by atoms with Crippen molar-refractivity contribution in [3.05, 3.63) is 34.9 Å². The Kier molecular flexibility index (Phi) is 6.46. The van der Waals surface area contributed by atoms with Crippen molar-refractivity contribution >= 4 is 11.6 Å². The normalized spacial score (nSPS) is 12.7. The fourth-order valence-electron chi connectivity index (χ4n) is 1.66. The van der Waals surface area contributed by atoms with E-state index in [2.05, 4.69) is 18.3 Å². The predicted molar refractivity (Wildman–Crippen MR) is 69.0 cm³/mol. The van der Waals surface area contributed by atoms with Gasteiger partial charge in [-0.25, -0.2) is 0 Å². The summed E-state index contributed by atoms with van der Waals surface area (Å²) in [7, 11) is 1.95. The highest BCUT2D eigenvalue weighted by molar-refractivity contribution is 6.31. The number of nitrogens with one attached hydrogen (secondary N) is 1. The first-order valence-electron chi connectivity index (χ1n) is 5.79. The van der Waals surface area contributed by atoms with Gasteiger partial charge in [-0.2, -0.15) is 0 Å². The summed E-state index contributed by atoms with van der Waals surface area (Å²) >= 11 is 6.16. The molecule has 0 fully saturated rings. The van der Waals surface area contributed by atoms with E-state index in [-0.39, 0.29) is 6.04 Å². The fraction of sp³-hybridized carbons (Fsp3) is 0.538. The van der Waals surface area contributed by atoms with Gasteiger partial charge in [0, 0.05) is 24.3 Å². The number of rotatable bonds is 7. The largest absolute Gasteiger partial charge is 0.381 e. The first-order chi connectivity index (χ1) is 7.79. The zero-order valence-corrected chi connectivity index (χ0v) is 10.8. The number of hydrogen-bond acceptors (Lipinski definition) is 2. The fourth-order valence-corrected chi connectivity index (χ4v) is 1.93. The molecule has 1 aromatic rings. The molecule has 0 aliphatic rings. The second-order valence-electron chi connectivity index (χ2n) is 3.76. The van der Waals surface area contributed by atoms with Gasteiger partial charge in [0.05, 0.1) is 0 Å². The van der Waals surface area contributed by atoms with Crippen LogP contribution in [0, 0.1) is 0 Å². The molecule has 0 spiro atoms. The third-order valence-electron chi connectivity index (χ3n) is 2.53. The minimum atomic E-state index is 0.269. The molecule has 1 unspecified atom stereocenters. The van der Waals surface area contributed by atoms with E-state index in [1.54, 1.807) is 0 Å². The van der Waals surface area contributed by atoms with Crippen LogP contribution in [0.2, 0.25) is 5.02 Å². The Bertz CT molecular complexity index is 304. The highest BCUT2D eigenvalue weighted by atomic mass is 35.5. The number of benzene rings is 1. The molecular weight excluding hydrogens is 222 g/mol. The van der Waals surface area contributed by atoms with Gasteiger partial charge in [0.1, 0.15) is 0 Å². The van der Waals surface area contributed by atoms with Crippen molar-refractivity contribution < 1.29 is 4.74 Å². The molecule has 0 aromatic heterocycles. The van der Waals surface area contributed by atoms with Crippen molar-refractivity contribution in [2.45, 2.75) is 25.8 Å². The van der Waals surface area contributed by atoms with Crippen LogP contribution in [0.1, 0.15) is 31.4 Å². The third-order valence-corrected chi connectivity index (χ3v) is 2.87. The molecule has 0 radical (unpaired) electrons. The maximum atomic E-state index is 6.16. The van der Waals surface area contributed by atoms with Crippen molar-refractivity contribution in [3.63, 3.8) is 0 Å². The molecule has 3 heteroatoms. The summed E-state index contributed by atoms with van der Waals surface area (Å²) in [6.45, 7) is 3.72. The maximum Gasteiger partial charge on any atom is 0.0484 e. The Morgan fingerprint density at radius 1 is 1.31 bits per heavy atom. The van der Waals surface area contributed by atoms with E-state index in [1.165, 1.54) is 0 Å². The summed E-state index contributed by atoms with van der Waals surface area (Å²) in [5.41, 5.74) is 1.15. The predicted octanol–water partition coefficient (Wildman–Crippen LogP) is 3.42. The van der Waals surface area contributed by atoms with Gasteiger partial charge in [-0.1, -0.05) is 36.7 Å². The molecule has 0 saturated carbocycles. The van der Waals surface area contributed by atoms with Crippen LogP contribution in [0.4, 0.5) is 0 Å². The summed E-state index contributed by atoms with van der Waals surface area (Å²) < 4.78 is 5.49. The van der Waals surface area contributed by atoms with Gasteiger partial charge in [-0.05, 0) is 31.5 Å². The van der Waals surface area contributed by atoms with Crippen molar-refractivity contribution in [2.24, 2.45) is 0 Å².